The van der Waals surface area contributed by atoms with Crippen LogP contribution in [0.3, 0.4) is 0 Å². The van der Waals surface area contributed by atoms with Crippen LogP contribution in [0, 0.1) is 0 Å². The molecular formula is C14H10. The lowest BCUT2D eigenvalue weighted by Gasteiger charge is -2.02. The highest BCUT2D eigenvalue weighted by atomic mass is 14.0. The first-order valence-corrected chi connectivity index (χ1v) is 4.08. The van der Waals surface area contributed by atoms with Gasteiger partial charge in [0.25, 0.3) is 0 Å². The van der Waals surface area contributed by atoms with Gasteiger partial charge in [-0.2, -0.15) is 0 Å². The summed E-state index contributed by atoms with van der Waals surface area (Å²) in [5.74, 6) is 0. The van der Waals surface area contributed by atoms with Gasteiger partial charge in [-0.15, -0.1) is 0 Å². The van der Waals surface area contributed by atoms with Crippen molar-refractivity contribution in [2.75, 3.05) is 0 Å². The van der Waals surface area contributed by atoms with Crippen LogP contribution >= 0.6 is 0 Å². The standard InChI is InChI=1S/C14H10/c1-3-7-13-11(5-1)9-10-12-6-2-4-8-14(12)13/h1-10H/i1D,2D,3D,4D,5D,6D,7D,8D,9D. The van der Waals surface area contributed by atoms with E-state index in [4.69, 9.17) is 12.3 Å². The van der Waals surface area contributed by atoms with Crippen molar-refractivity contribution in [3.05, 3.63) is 60.4 Å². The summed E-state index contributed by atoms with van der Waals surface area (Å²) in [5, 5.41) is -0.0217. The first-order valence-electron chi connectivity index (χ1n) is 8.58. The summed E-state index contributed by atoms with van der Waals surface area (Å²) in [7, 11) is 0. The molecule has 0 bridgehead atoms. The highest BCUT2D eigenvalue weighted by Gasteiger charge is 1.97. The summed E-state index contributed by atoms with van der Waals surface area (Å²) in [6.45, 7) is 0. The van der Waals surface area contributed by atoms with E-state index in [9.17, 15) is 0 Å². The third-order valence-corrected chi connectivity index (χ3v) is 2.01. The zero-order valence-electron chi connectivity index (χ0n) is 16.1. The summed E-state index contributed by atoms with van der Waals surface area (Å²) in [6, 6.07) is -2.39. The van der Waals surface area contributed by atoms with Crippen LogP contribution in [0.1, 0.15) is 12.3 Å². The fraction of sp³-hybridized carbons (Fsp3) is 0. The van der Waals surface area contributed by atoms with E-state index in [0.29, 0.717) is 0 Å². The molecule has 0 aliphatic rings. The predicted molar refractivity (Wildman–Crippen MR) is 61.5 cm³/mol. The maximum atomic E-state index is 8.07. The third kappa shape index (κ3) is 1.01. The second-order valence-electron chi connectivity index (χ2n) is 2.83. The average Bonchev–Trinajstić information content (AvgIpc) is 2.53. The van der Waals surface area contributed by atoms with Crippen molar-refractivity contribution in [1.82, 2.24) is 0 Å². The van der Waals surface area contributed by atoms with Crippen LogP contribution in [0.25, 0.3) is 21.5 Å². The Morgan fingerprint density at radius 2 is 1.21 bits per heavy atom. The maximum Gasteiger partial charge on any atom is 0.0629 e. The smallest absolute Gasteiger partial charge is 0.0616 e. The van der Waals surface area contributed by atoms with Gasteiger partial charge in [0.05, 0.1) is 12.3 Å². The zero-order chi connectivity index (χ0) is 17.2. The molecule has 0 N–H and O–H groups in total. The van der Waals surface area contributed by atoms with E-state index in [0.717, 1.165) is 0 Å². The molecule has 0 saturated heterocycles. The van der Waals surface area contributed by atoms with Crippen LogP contribution in [-0.2, 0) is 0 Å². The van der Waals surface area contributed by atoms with E-state index in [1.807, 2.05) is 0 Å². The van der Waals surface area contributed by atoms with Crippen molar-refractivity contribution in [1.29, 1.82) is 0 Å². The lowest BCUT2D eigenvalue weighted by Crippen LogP contribution is -1.75. The second kappa shape index (κ2) is 2.85. The first kappa shape index (κ1) is 2.83. The molecule has 0 heterocycles. The Labute approximate surface area is 95.4 Å². The molecule has 0 saturated carbocycles. The van der Waals surface area contributed by atoms with E-state index in [2.05, 4.69) is 0 Å². The van der Waals surface area contributed by atoms with Crippen LogP contribution < -0.4 is 0 Å². The van der Waals surface area contributed by atoms with Gasteiger partial charge in [-0.25, -0.2) is 0 Å². The Bertz CT molecular complexity index is 1010. The average molecular weight is 187 g/mol. The second-order valence-corrected chi connectivity index (χ2v) is 2.83. The number of rotatable bonds is 0. The van der Waals surface area contributed by atoms with Gasteiger partial charge in [-0.05, 0) is 21.5 Å². The summed E-state index contributed by atoms with van der Waals surface area (Å²) < 4.78 is 71.1. The lowest BCUT2D eigenvalue weighted by molar-refractivity contribution is 1.76. The molecule has 0 amide bonds. The van der Waals surface area contributed by atoms with Crippen LogP contribution in [-0.4, -0.2) is 0 Å². The van der Waals surface area contributed by atoms with E-state index in [-0.39, 0.29) is 45.7 Å². The fourth-order valence-electron chi connectivity index (χ4n) is 1.38. The third-order valence-electron chi connectivity index (χ3n) is 2.01. The molecule has 0 spiro atoms. The van der Waals surface area contributed by atoms with Gasteiger partial charge in [0.1, 0.15) is 0 Å². The Balaban J connectivity index is 2.80. The van der Waals surface area contributed by atoms with Gasteiger partial charge in [0.2, 0.25) is 0 Å². The molecule has 0 aliphatic carbocycles. The normalized spacial score (nSPS) is 19.9. The monoisotopic (exact) mass is 187 g/mol. The predicted octanol–water partition coefficient (Wildman–Crippen LogP) is 3.99. The van der Waals surface area contributed by atoms with Crippen molar-refractivity contribution in [2.24, 2.45) is 0 Å². The summed E-state index contributed by atoms with van der Waals surface area (Å²) in [4.78, 5) is 0. The van der Waals surface area contributed by atoms with Crippen molar-refractivity contribution in [3.8, 4) is 0 Å². The molecule has 0 fully saturated rings. The summed E-state index contributed by atoms with van der Waals surface area (Å²) in [5.41, 5.74) is 0. The number of hydrogen-bond donors (Lipinski definition) is 0. The van der Waals surface area contributed by atoms with Gasteiger partial charge in [0, 0.05) is 0 Å². The number of hydrogen-bond acceptors (Lipinski definition) is 0. The van der Waals surface area contributed by atoms with Crippen LogP contribution in [0.5, 0.6) is 0 Å². The van der Waals surface area contributed by atoms with Crippen molar-refractivity contribution >= 4 is 21.5 Å². The highest BCUT2D eigenvalue weighted by molar-refractivity contribution is 6.07. The van der Waals surface area contributed by atoms with Crippen LogP contribution in [0.2, 0.25) is 0 Å². The Morgan fingerprint density at radius 3 is 2.00 bits per heavy atom. The van der Waals surface area contributed by atoms with Crippen LogP contribution in [0.15, 0.2) is 60.4 Å². The summed E-state index contributed by atoms with van der Waals surface area (Å²) in [6.07, 6.45) is 0. The van der Waals surface area contributed by atoms with Crippen LogP contribution in [0.4, 0.5) is 0 Å². The topological polar surface area (TPSA) is 0 Å². The van der Waals surface area contributed by atoms with Crippen molar-refractivity contribution < 1.29 is 12.3 Å². The van der Waals surface area contributed by atoms with Gasteiger partial charge in [-0.1, -0.05) is 60.4 Å². The first-order chi connectivity index (χ1) is 10.7. The molecule has 3 aromatic rings. The highest BCUT2D eigenvalue weighted by Crippen LogP contribution is 2.24. The van der Waals surface area contributed by atoms with E-state index in [1.54, 1.807) is 0 Å². The maximum absolute atomic E-state index is 8.07. The fourth-order valence-corrected chi connectivity index (χ4v) is 1.38. The molecule has 14 heavy (non-hydrogen) atoms. The molecule has 0 nitrogen and oxygen atoms in total. The Morgan fingerprint density at radius 1 is 0.643 bits per heavy atom. The van der Waals surface area contributed by atoms with Gasteiger partial charge in [-0.3, -0.25) is 0 Å². The van der Waals surface area contributed by atoms with Gasteiger partial charge < -0.3 is 0 Å². The molecule has 66 valence electrons. The molecule has 0 unspecified atom stereocenters. The van der Waals surface area contributed by atoms with Gasteiger partial charge in [0.15, 0.2) is 0 Å². The van der Waals surface area contributed by atoms with Crippen molar-refractivity contribution in [2.45, 2.75) is 0 Å². The molecular weight excluding hydrogens is 168 g/mol. The Hall–Kier alpha value is -1.82. The van der Waals surface area contributed by atoms with Gasteiger partial charge >= 0.3 is 0 Å². The molecule has 0 aromatic heterocycles. The molecule has 0 radical (unpaired) electrons. The van der Waals surface area contributed by atoms with E-state index < -0.39 is 30.2 Å². The van der Waals surface area contributed by atoms with E-state index >= 15 is 0 Å². The molecule has 0 heteroatoms. The molecule has 3 aromatic carbocycles. The minimum Gasteiger partial charge on any atom is -0.0616 e. The zero-order valence-corrected chi connectivity index (χ0v) is 7.08. The lowest BCUT2D eigenvalue weighted by atomic mass is 10.0. The quantitative estimate of drug-likeness (QED) is 0.467. The minimum atomic E-state index is -0.498. The molecule has 0 atom stereocenters. The van der Waals surface area contributed by atoms with E-state index in [1.165, 1.54) is 6.07 Å². The molecule has 0 aliphatic heterocycles. The largest absolute Gasteiger partial charge is 0.0629 e. The molecule has 3 rings (SSSR count). The minimum absolute atomic E-state index is 0.00833. The summed E-state index contributed by atoms with van der Waals surface area (Å²) >= 11 is 0. The number of benzene rings is 3. The Kier molecular flexibility index (Phi) is 0.576. The van der Waals surface area contributed by atoms with Crippen molar-refractivity contribution in [3.63, 3.8) is 0 Å². The SMILES string of the molecule is [2H]c1c([2H])c([2H])c2c(cc([2H])c3c([2H])c([2H])c([2H])c([2H])c32)c1[2H]. The number of fused-ring (bicyclic) bond motifs is 3.